The molecule has 52 heavy (non-hydrogen) atoms. The molecule has 6 aliphatic carbocycles. The van der Waals surface area contributed by atoms with Gasteiger partial charge in [-0.1, -0.05) is 146 Å². The lowest BCUT2D eigenvalue weighted by atomic mass is 9.74. The fraction of sp³-hybridized carbons (Fsp3) is 0.269. The first-order valence-electron chi connectivity index (χ1n) is 19.9. The lowest BCUT2D eigenvalue weighted by molar-refractivity contribution is 0.621. The molecule has 0 aliphatic heterocycles. The Morgan fingerprint density at radius 2 is 1.48 bits per heavy atom. The average molecular weight is 675 g/mol. The van der Waals surface area contributed by atoms with E-state index in [1.165, 1.54) is 82.8 Å². The molecule has 0 nitrogen and oxygen atoms in total. The molecule has 0 saturated heterocycles. The van der Waals surface area contributed by atoms with Crippen molar-refractivity contribution < 1.29 is 0 Å². The highest BCUT2D eigenvalue weighted by molar-refractivity contribution is 6.15. The van der Waals surface area contributed by atoms with E-state index >= 15 is 0 Å². The minimum atomic E-state index is 0.469. The second kappa shape index (κ2) is 14.2. The Balaban J connectivity index is 1.12. The first kappa shape index (κ1) is 32.9. The Bertz CT molecular complexity index is 2350. The van der Waals surface area contributed by atoms with Crippen LogP contribution in [0.3, 0.4) is 0 Å². The van der Waals surface area contributed by atoms with Gasteiger partial charge in [0.05, 0.1) is 0 Å². The number of hydrogen-bond acceptors (Lipinski definition) is 0. The summed E-state index contributed by atoms with van der Waals surface area (Å²) < 4.78 is 0. The third-order valence-electron chi connectivity index (χ3n) is 12.5. The van der Waals surface area contributed by atoms with Crippen LogP contribution in [0.1, 0.15) is 87.5 Å². The fourth-order valence-corrected chi connectivity index (χ4v) is 9.67. The Kier molecular flexibility index (Phi) is 9.01. The molecule has 0 amide bonds. The lowest BCUT2D eigenvalue weighted by Gasteiger charge is -2.30. The van der Waals surface area contributed by atoms with E-state index in [1.807, 2.05) is 0 Å². The van der Waals surface area contributed by atoms with Crippen LogP contribution in [-0.2, 0) is 12.8 Å². The van der Waals surface area contributed by atoms with Crippen LogP contribution in [0.2, 0.25) is 0 Å². The smallest absolute Gasteiger partial charge is 0.0122 e. The van der Waals surface area contributed by atoms with Crippen molar-refractivity contribution in [3.63, 3.8) is 0 Å². The summed E-state index contributed by atoms with van der Waals surface area (Å²) in [6.07, 6.45) is 49.0. The van der Waals surface area contributed by atoms with E-state index in [2.05, 4.69) is 147 Å². The molecule has 0 radical (unpaired) electrons. The van der Waals surface area contributed by atoms with Gasteiger partial charge in [-0.25, -0.2) is 0 Å². The van der Waals surface area contributed by atoms with Crippen LogP contribution >= 0.6 is 0 Å². The monoisotopic (exact) mass is 674 g/mol. The van der Waals surface area contributed by atoms with E-state index in [9.17, 15) is 0 Å². The van der Waals surface area contributed by atoms with Gasteiger partial charge in [-0.15, -0.1) is 0 Å². The van der Waals surface area contributed by atoms with E-state index in [-0.39, 0.29) is 0 Å². The molecule has 6 aliphatic rings. The highest BCUT2D eigenvalue weighted by atomic mass is 14.3. The molecule has 9 rings (SSSR count). The quantitative estimate of drug-likeness (QED) is 0.219. The predicted octanol–water partition coefficient (Wildman–Crippen LogP) is 14.1. The summed E-state index contributed by atoms with van der Waals surface area (Å²) in [6.45, 7) is 4.51. The van der Waals surface area contributed by atoms with E-state index in [0.29, 0.717) is 11.8 Å². The molecule has 0 heteroatoms. The van der Waals surface area contributed by atoms with Crippen LogP contribution in [0.15, 0.2) is 167 Å². The topological polar surface area (TPSA) is 0 Å². The zero-order valence-electron chi connectivity index (χ0n) is 30.9. The minimum Gasteiger partial charge on any atom is -0.0845 e. The maximum Gasteiger partial charge on any atom is 0.0122 e. The summed E-state index contributed by atoms with van der Waals surface area (Å²) in [7, 11) is 0. The second-order valence-corrected chi connectivity index (χ2v) is 15.5. The first-order chi connectivity index (χ1) is 25.7. The van der Waals surface area contributed by atoms with Crippen molar-refractivity contribution in [2.75, 3.05) is 0 Å². The molecule has 0 saturated carbocycles. The van der Waals surface area contributed by atoms with E-state index in [1.54, 1.807) is 5.57 Å². The summed E-state index contributed by atoms with van der Waals surface area (Å²) in [4.78, 5) is 0. The fourth-order valence-electron chi connectivity index (χ4n) is 9.67. The van der Waals surface area contributed by atoms with Crippen LogP contribution < -0.4 is 0 Å². The molecular weight excluding hydrogens is 625 g/mol. The Morgan fingerprint density at radius 1 is 0.692 bits per heavy atom. The summed E-state index contributed by atoms with van der Waals surface area (Å²) in [5, 5.41) is 5.75. The van der Waals surface area contributed by atoms with Crippen molar-refractivity contribution in [1.29, 1.82) is 0 Å². The molecule has 258 valence electrons. The van der Waals surface area contributed by atoms with Gasteiger partial charge >= 0.3 is 0 Å². The van der Waals surface area contributed by atoms with Crippen molar-refractivity contribution >= 4 is 33.2 Å². The molecule has 0 N–H and O–H groups in total. The van der Waals surface area contributed by atoms with Crippen LogP contribution in [0, 0.1) is 11.8 Å². The third-order valence-corrected chi connectivity index (χ3v) is 12.5. The van der Waals surface area contributed by atoms with Gasteiger partial charge in [-0.2, -0.15) is 0 Å². The van der Waals surface area contributed by atoms with Gasteiger partial charge in [0.1, 0.15) is 0 Å². The zero-order valence-corrected chi connectivity index (χ0v) is 30.9. The van der Waals surface area contributed by atoms with Crippen LogP contribution in [0.25, 0.3) is 33.2 Å². The number of hydrogen-bond donors (Lipinski definition) is 0. The highest BCUT2D eigenvalue weighted by Crippen LogP contribution is 2.46. The van der Waals surface area contributed by atoms with Gasteiger partial charge in [0.25, 0.3) is 0 Å². The molecule has 0 bridgehead atoms. The largest absolute Gasteiger partial charge is 0.0845 e. The lowest BCUT2D eigenvalue weighted by Crippen LogP contribution is -2.17. The molecular formula is C52H50. The van der Waals surface area contributed by atoms with Gasteiger partial charge in [0.15, 0.2) is 0 Å². The van der Waals surface area contributed by atoms with Crippen LogP contribution in [0.5, 0.6) is 0 Å². The highest BCUT2D eigenvalue weighted by Gasteiger charge is 2.27. The minimum absolute atomic E-state index is 0.469. The number of rotatable bonds is 7. The summed E-state index contributed by atoms with van der Waals surface area (Å²) in [5.74, 6) is 0.956. The molecule has 3 aromatic carbocycles. The predicted molar refractivity (Wildman–Crippen MR) is 225 cm³/mol. The summed E-state index contributed by atoms with van der Waals surface area (Å²) in [6, 6.07) is 14.2. The van der Waals surface area contributed by atoms with Crippen molar-refractivity contribution in [1.82, 2.24) is 0 Å². The standard InChI is InChI=1S/C52H50/c1-3-4-12-37-25-30-43(33-35(37)2)38-26-28-42(29-27-38)51-48-19-10-9-18-47(48)50(49-32-31-40-14-6-8-17-46(40)52(49)51)34-36-21-23-41(24-22-36)45-20-11-15-39-13-5-7-16-44(39)45/h4-5,7-13,15-21,23,26,28,31-33,39,44H,3,6,14,22,24-25,27,29-30,34H2,1-2H3/b12-4-/t39?,44-/m0/s1. The number of benzene rings is 3. The van der Waals surface area contributed by atoms with Gasteiger partial charge in [0, 0.05) is 11.8 Å². The first-order valence-corrected chi connectivity index (χ1v) is 19.9. The summed E-state index contributed by atoms with van der Waals surface area (Å²) in [5.41, 5.74) is 17.9. The number of fused-ring (bicyclic) bond motifs is 5. The maximum atomic E-state index is 2.48. The SMILES string of the molecule is CC/C=C\C1=C(C)C=C(C2=CC=C(c3c4ccccc4c(CC4=CC=C(C5=CC=CC6C=CC=C[C@H]56)CC4)c4ccc5c(c34)C=CCC5)CC2)CC1. The van der Waals surface area contributed by atoms with E-state index in [4.69, 9.17) is 0 Å². The molecule has 0 fully saturated rings. The van der Waals surface area contributed by atoms with Crippen LogP contribution in [-0.4, -0.2) is 0 Å². The van der Waals surface area contributed by atoms with Crippen molar-refractivity contribution in [3.8, 4) is 0 Å². The van der Waals surface area contributed by atoms with Crippen molar-refractivity contribution in [2.24, 2.45) is 11.8 Å². The Morgan fingerprint density at radius 3 is 2.31 bits per heavy atom. The molecule has 1 unspecified atom stereocenters. The Hall–Kier alpha value is -4.94. The molecule has 0 spiro atoms. The van der Waals surface area contributed by atoms with E-state index in [0.717, 1.165) is 64.2 Å². The number of allylic oxidation sites excluding steroid dienone is 23. The molecule has 0 aromatic heterocycles. The van der Waals surface area contributed by atoms with Gasteiger partial charge in [-0.05, 0) is 154 Å². The van der Waals surface area contributed by atoms with Crippen molar-refractivity contribution in [3.05, 3.63) is 189 Å². The van der Waals surface area contributed by atoms with Crippen molar-refractivity contribution in [2.45, 2.75) is 78.1 Å². The maximum absolute atomic E-state index is 2.48. The van der Waals surface area contributed by atoms with Gasteiger partial charge in [-0.3, -0.25) is 0 Å². The molecule has 2 atom stereocenters. The van der Waals surface area contributed by atoms with Gasteiger partial charge in [0.2, 0.25) is 0 Å². The molecule has 0 heterocycles. The van der Waals surface area contributed by atoms with Crippen LogP contribution in [0.4, 0.5) is 0 Å². The average Bonchev–Trinajstić information content (AvgIpc) is 3.20. The second-order valence-electron chi connectivity index (χ2n) is 15.5. The normalized spacial score (nSPS) is 22.6. The van der Waals surface area contributed by atoms with Gasteiger partial charge < -0.3 is 0 Å². The van der Waals surface area contributed by atoms with E-state index < -0.39 is 0 Å². The summed E-state index contributed by atoms with van der Waals surface area (Å²) >= 11 is 0. The number of aryl methyl sites for hydroxylation is 1. The zero-order chi connectivity index (χ0) is 35.0. The molecule has 3 aromatic rings. The Labute approximate surface area is 310 Å². The third kappa shape index (κ3) is 6.07.